The second kappa shape index (κ2) is 8.74. The largest absolute Gasteiger partial charge is 0.477 e. The van der Waals surface area contributed by atoms with Crippen molar-refractivity contribution in [3.8, 4) is 5.75 Å². The predicted octanol–water partition coefficient (Wildman–Crippen LogP) is 3.55. The molecule has 1 aliphatic heterocycles. The molecule has 0 radical (unpaired) electrons. The minimum atomic E-state index is -0.658. The summed E-state index contributed by atoms with van der Waals surface area (Å²) in [5.41, 5.74) is 8.26. The summed E-state index contributed by atoms with van der Waals surface area (Å²) in [5, 5.41) is 6.10. The Balaban J connectivity index is 1.44. The topological polar surface area (TPSA) is 110 Å². The van der Waals surface area contributed by atoms with E-state index in [-0.39, 0.29) is 30.0 Å². The summed E-state index contributed by atoms with van der Waals surface area (Å²) in [6.45, 7) is 1.66. The number of ether oxygens (including phenoxy) is 1. The number of amides is 2. The van der Waals surface area contributed by atoms with E-state index in [4.69, 9.17) is 10.5 Å². The fraction of sp³-hybridized carbons (Fsp3) is 0.174. The number of nitrogens with two attached hydrogens (primary N) is 1. The second-order valence-corrected chi connectivity index (χ2v) is 7.11. The third kappa shape index (κ3) is 4.58. The Morgan fingerprint density at radius 2 is 1.71 bits per heavy atom. The van der Waals surface area contributed by atoms with E-state index < -0.39 is 6.10 Å². The highest BCUT2D eigenvalue weighted by atomic mass is 16.5. The Morgan fingerprint density at radius 1 is 1.03 bits per heavy atom. The summed E-state index contributed by atoms with van der Waals surface area (Å²) >= 11 is 0. The molecule has 2 heterocycles. The third-order valence-corrected chi connectivity index (χ3v) is 4.83. The van der Waals surface area contributed by atoms with Gasteiger partial charge in [-0.15, -0.1) is 0 Å². The van der Waals surface area contributed by atoms with Crippen molar-refractivity contribution in [1.82, 2.24) is 4.98 Å². The van der Waals surface area contributed by atoms with Crippen molar-refractivity contribution in [1.29, 1.82) is 0 Å². The maximum atomic E-state index is 12.8. The van der Waals surface area contributed by atoms with Gasteiger partial charge in [-0.3, -0.25) is 14.5 Å². The summed E-state index contributed by atoms with van der Waals surface area (Å²) in [6, 6.07) is 20.4. The number of hydrogen-bond acceptors (Lipinski definition) is 6. The predicted molar refractivity (Wildman–Crippen MR) is 121 cm³/mol. The van der Waals surface area contributed by atoms with Crippen LogP contribution < -0.4 is 26.0 Å². The van der Waals surface area contributed by atoms with Crippen molar-refractivity contribution < 1.29 is 14.3 Å². The number of fused-ring (bicyclic) bond motifs is 1. The van der Waals surface area contributed by atoms with E-state index in [1.165, 1.54) is 4.90 Å². The molecule has 31 heavy (non-hydrogen) atoms. The molecule has 4 N–H and O–H groups in total. The highest BCUT2D eigenvalue weighted by Crippen LogP contribution is 2.33. The summed E-state index contributed by atoms with van der Waals surface area (Å²) in [5.74, 6) is 0.281. The van der Waals surface area contributed by atoms with Gasteiger partial charge in [0.25, 0.3) is 5.91 Å². The van der Waals surface area contributed by atoms with Crippen molar-refractivity contribution >= 4 is 40.5 Å². The van der Waals surface area contributed by atoms with Crippen LogP contribution in [0.5, 0.6) is 5.75 Å². The van der Waals surface area contributed by atoms with Gasteiger partial charge < -0.3 is 21.1 Å². The summed E-state index contributed by atoms with van der Waals surface area (Å²) in [7, 11) is 0. The van der Waals surface area contributed by atoms with Crippen LogP contribution in [-0.4, -0.2) is 29.4 Å². The van der Waals surface area contributed by atoms with Crippen LogP contribution >= 0.6 is 0 Å². The molecule has 2 amide bonds. The maximum Gasteiger partial charge on any atom is 0.269 e. The molecule has 158 valence electrons. The van der Waals surface area contributed by atoms with Gasteiger partial charge >= 0.3 is 0 Å². The molecule has 8 heteroatoms. The van der Waals surface area contributed by atoms with Crippen LogP contribution in [0.4, 0.5) is 28.7 Å². The van der Waals surface area contributed by atoms with Gasteiger partial charge in [-0.05, 0) is 55.0 Å². The van der Waals surface area contributed by atoms with Crippen LogP contribution in [0.3, 0.4) is 0 Å². The number of hydrogen-bond donors (Lipinski definition) is 3. The number of benzene rings is 2. The van der Waals surface area contributed by atoms with E-state index in [1.54, 1.807) is 24.3 Å². The number of carbonyl (C=O) groups excluding carboxylic acids is 2. The van der Waals surface area contributed by atoms with E-state index in [0.29, 0.717) is 17.9 Å². The first-order valence-electron chi connectivity index (χ1n) is 10.00. The fourth-order valence-corrected chi connectivity index (χ4v) is 3.30. The lowest BCUT2D eigenvalue weighted by molar-refractivity contribution is -0.128. The molecule has 1 unspecified atom stereocenters. The molecule has 0 fully saturated rings. The standard InChI is InChI=1S/C23H23N5O3/c1-2-18-23(30)28(22-19(31-18)12-13-20(24)27-22)14-21(29)26-17-10-8-16(9-11-17)25-15-6-4-3-5-7-15/h3-13,18,25H,2,14H2,1H3,(H2,24,27)(H,26,29). The molecule has 1 atom stereocenters. The molecule has 0 saturated heterocycles. The summed E-state index contributed by atoms with van der Waals surface area (Å²) in [6.07, 6.45) is -0.175. The molecule has 0 aliphatic carbocycles. The van der Waals surface area contributed by atoms with E-state index in [1.807, 2.05) is 49.4 Å². The van der Waals surface area contributed by atoms with E-state index in [2.05, 4.69) is 15.6 Å². The number of anilines is 5. The smallest absolute Gasteiger partial charge is 0.269 e. The molecule has 1 aromatic heterocycles. The molecular weight excluding hydrogens is 394 g/mol. The van der Waals surface area contributed by atoms with Crippen molar-refractivity contribution in [2.24, 2.45) is 0 Å². The van der Waals surface area contributed by atoms with Gasteiger partial charge in [0.15, 0.2) is 17.7 Å². The molecule has 0 bridgehead atoms. The lowest BCUT2D eigenvalue weighted by Crippen LogP contribution is -2.49. The van der Waals surface area contributed by atoms with Crippen LogP contribution in [0.25, 0.3) is 0 Å². The Bertz CT molecular complexity index is 1090. The van der Waals surface area contributed by atoms with Crippen molar-refractivity contribution in [3.63, 3.8) is 0 Å². The van der Waals surface area contributed by atoms with Crippen molar-refractivity contribution in [3.05, 3.63) is 66.7 Å². The fourth-order valence-electron chi connectivity index (χ4n) is 3.30. The monoisotopic (exact) mass is 417 g/mol. The Hall–Kier alpha value is -4.07. The maximum absolute atomic E-state index is 12.8. The molecule has 1 aliphatic rings. The van der Waals surface area contributed by atoms with Crippen LogP contribution in [0.15, 0.2) is 66.7 Å². The van der Waals surface area contributed by atoms with Gasteiger partial charge in [0.2, 0.25) is 5.91 Å². The Labute approximate surface area is 180 Å². The van der Waals surface area contributed by atoms with Gasteiger partial charge in [-0.1, -0.05) is 25.1 Å². The van der Waals surface area contributed by atoms with Gasteiger partial charge in [-0.25, -0.2) is 4.98 Å². The third-order valence-electron chi connectivity index (χ3n) is 4.83. The van der Waals surface area contributed by atoms with Crippen molar-refractivity contribution in [2.45, 2.75) is 19.4 Å². The van der Waals surface area contributed by atoms with Gasteiger partial charge in [0.05, 0.1) is 0 Å². The number of carbonyl (C=O) groups is 2. The first-order chi connectivity index (χ1) is 15.0. The number of pyridine rings is 1. The number of para-hydroxylation sites is 1. The number of rotatable bonds is 6. The zero-order valence-electron chi connectivity index (χ0n) is 17.0. The SMILES string of the molecule is CCC1Oc2ccc(N)nc2N(CC(=O)Nc2ccc(Nc3ccccc3)cc2)C1=O. The summed E-state index contributed by atoms with van der Waals surface area (Å²) < 4.78 is 5.69. The highest BCUT2D eigenvalue weighted by molar-refractivity contribution is 6.05. The average molecular weight is 417 g/mol. The first-order valence-corrected chi connectivity index (χ1v) is 10.00. The minimum absolute atomic E-state index is 0.188. The van der Waals surface area contributed by atoms with E-state index in [0.717, 1.165) is 11.4 Å². The summed E-state index contributed by atoms with van der Waals surface area (Å²) in [4.78, 5) is 31.0. The normalized spacial score (nSPS) is 15.1. The Morgan fingerprint density at radius 3 is 2.42 bits per heavy atom. The molecule has 0 saturated carbocycles. The van der Waals surface area contributed by atoms with Gasteiger partial charge in [0.1, 0.15) is 12.4 Å². The molecular formula is C23H23N5O3. The lowest BCUT2D eigenvalue weighted by atomic mass is 10.2. The number of nitrogens with one attached hydrogen (secondary N) is 2. The quantitative estimate of drug-likeness (QED) is 0.566. The molecule has 4 rings (SSSR count). The first kappa shape index (κ1) is 20.2. The molecule has 0 spiro atoms. The Kier molecular flexibility index (Phi) is 5.70. The van der Waals surface area contributed by atoms with Crippen LogP contribution in [-0.2, 0) is 9.59 Å². The average Bonchev–Trinajstić information content (AvgIpc) is 2.78. The van der Waals surface area contributed by atoms with Crippen molar-refractivity contribution in [2.75, 3.05) is 27.8 Å². The zero-order valence-corrected chi connectivity index (χ0v) is 17.0. The number of nitrogens with zero attached hydrogens (tertiary/aromatic N) is 2. The molecule has 2 aromatic carbocycles. The highest BCUT2D eigenvalue weighted by Gasteiger charge is 2.35. The number of nitrogen functional groups attached to an aromatic ring is 1. The van der Waals surface area contributed by atoms with Crippen LogP contribution in [0.2, 0.25) is 0 Å². The van der Waals surface area contributed by atoms with E-state index in [9.17, 15) is 9.59 Å². The van der Waals surface area contributed by atoms with Crippen LogP contribution in [0.1, 0.15) is 13.3 Å². The lowest BCUT2D eigenvalue weighted by Gasteiger charge is -2.32. The van der Waals surface area contributed by atoms with Gasteiger partial charge in [-0.2, -0.15) is 0 Å². The van der Waals surface area contributed by atoms with E-state index >= 15 is 0 Å². The minimum Gasteiger partial charge on any atom is -0.477 e. The second-order valence-electron chi connectivity index (χ2n) is 7.11. The van der Waals surface area contributed by atoms with Gasteiger partial charge in [0, 0.05) is 17.1 Å². The molecule has 3 aromatic rings. The zero-order chi connectivity index (χ0) is 21.8. The van der Waals surface area contributed by atoms with Crippen LogP contribution in [0, 0.1) is 0 Å². The number of aromatic nitrogens is 1. The molecule has 8 nitrogen and oxygen atoms in total.